The minimum absolute atomic E-state index is 0.599. The fraction of sp³-hybridized carbons (Fsp3) is 1.00. The van der Waals surface area contributed by atoms with Crippen molar-refractivity contribution in [3.63, 3.8) is 0 Å². The summed E-state index contributed by atoms with van der Waals surface area (Å²) >= 11 is 0. The van der Waals surface area contributed by atoms with Gasteiger partial charge in [-0.05, 0) is 33.1 Å². The Bertz CT molecular complexity index is 136. The average Bonchev–Trinajstić information content (AvgIpc) is 2.22. The molecule has 0 radical (unpaired) electrons. The zero-order chi connectivity index (χ0) is 11.9. The van der Waals surface area contributed by atoms with Crippen molar-refractivity contribution in [2.75, 3.05) is 39.3 Å². The Balaban J connectivity index is 4.14. The van der Waals surface area contributed by atoms with Crippen molar-refractivity contribution < 1.29 is 5.11 Å². The molecule has 1 N–H and O–H groups in total. The SMILES string of the molecule is CCN(CC)CC(C)(O)CN(CC)CC. The zero-order valence-electron chi connectivity index (χ0n) is 11.1. The van der Waals surface area contributed by atoms with Crippen LogP contribution in [0.3, 0.4) is 0 Å². The van der Waals surface area contributed by atoms with Gasteiger partial charge in [-0.2, -0.15) is 0 Å². The van der Waals surface area contributed by atoms with Crippen LogP contribution in [-0.2, 0) is 0 Å². The molecule has 0 aromatic heterocycles. The molecule has 0 saturated heterocycles. The molecule has 0 aromatic rings. The van der Waals surface area contributed by atoms with E-state index in [4.69, 9.17) is 0 Å². The van der Waals surface area contributed by atoms with Crippen molar-refractivity contribution in [3.8, 4) is 0 Å². The first-order valence-electron chi connectivity index (χ1n) is 6.16. The standard InChI is InChI=1S/C12H28N2O/c1-6-13(7-2)10-12(5,15)11-14(8-3)9-4/h15H,6-11H2,1-5H3. The molecule has 0 aliphatic heterocycles. The first-order valence-corrected chi connectivity index (χ1v) is 6.16. The van der Waals surface area contributed by atoms with Crippen LogP contribution in [0.25, 0.3) is 0 Å². The summed E-state index contributed by atoms with van der Waals surface area (Å²) in [6.45, 7) is 16.0. The van der Waals surface area contributed by atoms with Gasteiger partial charge in [0.25, 0.3) is 0 Å². The highest BCUT2D eigenvalue weighted by atomic mass is 16.3. The fourth-order valence-electron chi connectivity index (χ4n) is 1.91. The number of hydrogen-bond acceptors (Lipinski definition) is 3. The molecule has 0 unspecified atom stereocenters. The fourth-order valence-corrected chi connectivity index (χ4v) is 1.91. The van der Waals surface area contributed by atoms with Crippen molar-refractivity contribution >= 4 is 0 Å². The molecule has 3 heteroatoms. The largest absolute Gasteiger partial charge is 0.388 e. The molecule has 0 spiro atoms. The lowest BCUT2D eigenvalue weighted by Gasteiger charge is -2.34. The van der Waals surface area contributed by atoms with E-state index in [1.165, 1.54) is 0 Å². The van der Waals surface area contributed by atoms with E-state index >= 15 is 0 Å². The highest BCUT2D eigenvalue weighted by Crippen LogP contribution is 2.09. The van der Waals surface area contributed by atoms with Gasteiger partial charge in [-0.15, -0.1) is 0 Å². The third kappa shape index (κ3) is 6.13. The van der Waals surface area contributed by atoms with Gasteiger partial charge in [0.2, 0.25) is 0 Å². The summed E-state index contributed by atoms with van der Waals surface area (Å²) in [5, 5.41) is 10.3. The van der Waals surface area contributed by atoms with Gasteiger partial charge >= 0.3 is 0 Å². The van der Waals surface area contributed by atoms with E-state index in [1.54, 1.807) is 0 Å². The van der Waals surface area contributed by atoms with Crippen LogP contribution in [0, 0.1) is 0 Å². The van der Waals surface area contributed by atoms with E-state index in [-0.39, 0.29) is 0 Å². The van der Waals surface area contributed by atoms with Crippen LogP contribution < -0.4 is 0 Å². The molecule has 0 bridgehead atoms. The van der Waals surface area contributed by atoms with Crippen LogP contribution in [0.2, 0.25) is 0 Å². The normalized spacial score (nSPS) is 12.8. The van der Waals surface area contributed by atoms with E-state index in [0.717, 1.165) is 39.3 Å². The van der Waals surface area contributed by atoms with Crippen LogP contribution in [0.15, 0.2) is 0 Å². The Morgan fingerprint density at radius 3 is 1.27 bits per heavy atom. The maximum absolute atomic E-state index is 10.3. The van der Waals surface area contributed by atoms with Gasteiger partial charge in [-0.25, -0.2) is 0 Å². The number of hydrogen-bond donors (Lipinski definition) is 1. The van der Waals surface area contributed by atoms with Crippen molar-refractivity contribution in [2.24, 2.45) is 0 Å². The summed E-state index contributed by atoms with van der Waals surface area (Å²) in [7, 11) is 0. The number of rotatable bonds is 8. The van der Waals surface area contributed by atoms with Crippen LogP contribution in [0.5, 0.6) is 0 Å². The molecule has 0 fully saturated rings. The summed E-state index contributed by atoms with van der Waals surface area (Å²) in [5.74, 6) is 0. The summed E-state index contributed by atoms with van der Waals surface area (Å²) in [6, 6.07) is 0. The van der Waals surface area contributed by atoms with E-state index in [2.05, 4.69) is 37.5 Å². The first kappa shape index (κ1) is 14.9. The zero-order valence-corrected chi connectivity index (χ0v) is 11.1. The highest BCUT2D eigenvalue weighted by molar-refractivity contribution is 4.80. The Labute approximate surface area is 95.1 Å². The maximum atomic E-state index is 10.3. The van der Waals surface area contributed by atoms with Crippen molar-refractivity contribution in [1.82, 2.24) is 9.80 Å². The monoisotopic (exact) mass is 216 g/mol. The lowest BCUT2D eigenvalue weighted by Crippen LogP contribution is -2.48. The second-order valence-electron chi connectivity index (χ2n) is 4.42. The van der Waals surface area contributed by atoms with E-state index in [1.807, 2.05) is 6.92 Å². The van der Waals surface area contributed by atoms with Crippen LogP contribution >= 0.6 is 0 Å². The molecule has 92 valence electrons. The summed E-state index contributed by atoms with van der Waals surface area (Å²) in [6.07, 6.45) is 0. The molecule has 0 aliphatic rings. The molecular weight excluding hydrogens is 188 g/mol. The van der Waals surface area contributed by atoms with Crippen LogP contribution in [0.1, 0.15) is 34.6 Å². The highest BCUT2D eigenvalue weighted by Gasteiger charge is 2.24. The molecule has 3 nitrogen and oxygen atoms in total. The smallest absolute Gasteiger partial charge is 0.0872 e. The van der Waals surface area contributed by atoms with Crippen molar-refractivity contribution in [2.45, 2.75) is 40.2 Å². The lowest BCUT2D eigenvalue weighted by molar-refractivity contribution is -0.00598. The Kier molecular flexibility index (Phi) is 7.14. The molecular formula is C12H28N2O. The second kappa shape index (κ2) is 7.20. The van der Waals surface area contributed by atoms with E-state index in [9.17, 15) is 5.11 Å². The van der Waals surface area contributed by atoms with Gasteiger partial charge in [0, 0.05) is 13.1 Å². The van der Waals surface area contributed by atoms with Gasteiger partial charge in [-0.1, -0.05) is 27.7 Å². The summed E-state index contributed by atoms with van der Waals surface area (Å²) in [4.78, 5) is 4.53. The third-order valence-electron chi connectivity index (χ3n) is 2.92. The minimum Gasteiger partial charge on any atom is -0.388 e. The average molecular weight is 216 g/mol. The molecule has 0 saturated carbocycles. The van der Waals surface area contributed by atoms with Crippen LogP contribution in [-0.4, -0.2) is 59.8 Å². The predicted molar refractivity (Wildman–Crippen MR) is 66.2 cm³/mol. The van der Waals surface area contributed by atoms with Gasteiger partial charge in [0.1, 0.15) is 0 Å². The molecule has 0 aromatic carbocycles. The molecule has 0 rings (SSSR count). The van der Waals surface area contributed by atoms with Crippen molar-refractivity contribution in [1.29, 1.82) is 0 Å². The Hall–Kier alpha value is -0.120. The van der Waals surface area contributed by atoms with Crippen LogP contribution in [0.4, 0.5) is 0 Å². The topological polar surface area (TPSA) is 26.7 Å². The number of likely N-dealkylation sites (N-methyl/N-ethyl adjacent to an activating group) is 2. The van der Waals surface area contributed by atoms with Crippen molar-refractivity contribution in [3.05, 3.63) is 0 Å². The number of aliphatic hydroxyl groups is 1. The first-order chi connectivity index (χ1) is 6.99. The maximum Gasteiger partial charge on any atom is 0.0872 e. The summed E-state index contributed by atoms with van der Waals surface area (Å²) < 4.78 is 0. The Morgan fingerprint density at radius 1 is 0.800 bits per heavy atom. The quantitative estimate of drug-likeness (QED) is 0.665. The van der Waals surface area contributed by atoms with Gasteiger partial charge in [-0.3, -0.25) is 0 Å². The molecule has 0 aliphatic carbocycles. The van der Waals surface area contributed by atoms with E-state index < -0.39 is 5.60 Å². The third-order valence-corrected chi connectivity index (χ3v) is 2.92. The molecule has 0 atom stereocenters. The van der Waals surface area contributed by atoms with Gasteiger partial charge in [0.15, 0.2) is 0 Å². The second-order valence-corrected chi connectivity index (χ2v) is 4.42. The molecule has 0 amide bonds. The Morgan fingerprint density at radius 2 is 1.07 bits per heavy atom. The van der Waals surface area contributed by atoms with Gasteiger partial charge < -0.3 is 14.9 Å². The minimum atomic E-state index is -0.599. The predicted octanol–water partition coefficient (Wildman–Crippen LogP) is 1.42. The molecule has 0 heterocycles. The van der Waals surface area contributed by atoms with E-state index in [0.29, 0.717) is 0 Å². The van der Waals surface area contributed by atoms with Gasteiger partial charge in [0.05, 0.1) is 5.60 Å². The summed E-state index contributed by atoms with van der Waals surface area (Å²) in [5.41, 5.74) is -0.599. The lowest BCUT2D eigenvalue weighted by atomic mass is 10.1. The number of nitrogens with zero attached hydrogens (tertiary/aromatic N) is 2. The molecule has 15 heavy (non-hydrogen) atoms.